The number of hydrogen-bond donors (Lipinski definition) is 12. The zero-order valence-electron chi connectivity index (χ0n) is 60.9. The maximum absolute atomic E-state index is 13.4. The van der Waals surface area contributed by atoms with Gasteiger partial charge in [0.1, 0.15) is 73.2 Å². The molecule has 0 aromatic carbocycles. The highest BCUT2D eigenvalue weighted by molar-refractivity contribution is 5.76. The molecule has 100 heavy (non-hydrogen) atoms. The quantitative estimate of drug-likeness (QED) is 0.0199. The minimum absolute atomic E-state index is 0.225. The zero-order valence-corrected chi connectivity index (χ0v) is 60.9. The summed E-state index contributed by atoms with van der Waals surface area (Å²) in [5, 5.41) is 121. The fraction of sp³-hybridized carbons (Fsp3) is 0.716. The number of carbonyl (C=O) groups excluding carboxylic acids is 1. The van der Waals surface area contributed by atoms with Crippen molar-refractivity contribution < 1.29 is 89.4 Å². The van der Waals surface area contributed by atoms with Gasteiger partial charge in [0.05, 0.1) is 38.6 Å². The molecule has 3 fully saturated rings. The molecule has 0 aromatic rings. The minimum Gasteiger partial charge on any atom is -0.394 e. The molecule has 3 saturated heterocycles. The smallest absolute Gasteiger partial charge is 0.220 e. The third-order valence-corrected chi connectivity index (χ3v) is 18.2. The molecule has 12 N–H and O–H groups in total. The van der Waals surface area contributed by atoms with Gasteiger partial charge in [0, 0.05) is 6.42 Å². The zero-order chi connectivity index (χ0) is 72.5. The Bertz CT molecular complexity index is 2330. The van der Waals surface area contributed by atoms with E-state index in [2.05, 4.69) is 141 Å². The molecule has 572 valence electrons. The molecular weight excluding hydrogens is 1270 g/mol. The van der Waals surface area contributed by atoms with Crippen LogP contribution in [0.4, 0.5) is 0 Å². The van der Waals surface area contributed by atoms with Gasteiger partial charge in [0.15, 0.2) is 18.9 Å². The average molecular weight is 1410 g/mol. The molecule has 0 bridgehead atoms. The maximum atomic E-state index is 13.4. The molecule has 19 nitrogen and oxygen atoms in total. The first kappa shape index (κ1) is 90.1. The van der Waals surface area contributed by atoms with Crippen LogP contribution >= 0.6 is 0 Å². The van der Waals surface area contributed by atoms with Crippen molar-refractivity contribution in [3.63, 3.8) is 0 Å². The molecule has 17 unspecified atom stereocenters. The van der Waals surface area contributed by atoms with Gasteiger partial charge >= 0.3 is 0 Å². The predicted molar refractivity (Wildman–Crippen MR) is 396 cm³/mol. The number of carbonyl (C=O) groups is 1. The summed E-state index contributed by atoms with van der Waals surface area (Å²) in [7, 11) is 0. The standard InChI is InChI=1S/C81H135NO18/c1-3-5-7-9-11-13-15-17-19-21-22-23-24-25-26-27-28-29-30-31-32-33-34-35-36-37-38-39-40-41-42-43-45-47-49-51-53-55-57-59-69(87)82-64(65(86)58-56-54-52-50-48-46-44-20-18-16-14-12-10-8-6-4-2)63-95-79-75(93)72(90)77(67(61-84)97-79)100-81-76(94)73(91)78(68(62-85)98-81)99-80-74(92)71(89)70(88)66(60-83)96-80/h5,7,11,13,17,19,22-23,25-26,28-29,31-32,34-35,37-38,40-41,56,58,64-68,70-81,83-86,88-94H,3-4,6,8-10,12,14-16,18,20-21,24,27,30,33,36,39,42-55,57,59-63H2,1-2H3,(H,82,87)/b7-5-,13-11-,19-17-,23-22-,26-25-,29-28-,32-31-,35-34-,38-37-,41-40-,58-56+. The summed E-state index contributed by atoms with van der Waals surface area (Å²) < 4.78 is 34.4. The van der Waals surface area contributed by atoms with E-state index in [1.165, 1.54) is 77.0 Å². The van der Waals surface area contributed by atoms with Crippen LogP contribution in [0.5, 0.6) is 0 Å². The average Bonchev–Trinajstić information content (AvgIpc) is 0.784. The van der Waals surface area contributed by atoms with Crippen molar-refractivity contribution in [1.82, 2.24) is 5.32 Å². The Balaban J connectivity index is 1.35. The van der Waals surface area contributed by atoms with Gasteiger partial charge in [0.25, 0.3) is 0 Å². The Kier molecular flexibility index (Phi) is 54.3. The first-order chi connectivity index (χ1) is 48.8. The van der Waals surface area contributed by atoms with Gasteiger partial charge in [-0.05, 0) is 96.3 Å². The van der Waals surface area contributed by atoms with Gasteiger partial charge in [-0.15, -0.1) is 0 Å². The van der Waals surface area contributed by atoms with Crippen molar-refractivity contribution in [3.8, 4) is 0 Å². The van der Waals surface area contributed by atoms with Crippen LogP contribution in [-0.2, 0) is 33.2 Å². The third-order valence-electron chi connectivity index (χ3n) is 18.2. The molecule has 3 heterocycles. The lowest BCUT2D eigenvalue weighted by Crippen LogP contribution is -2.66. The number of unbranched alkanes of at least 4 members (excludes halogenated alkanes) is 22. The lowest BCUT2D eigenvalue weighted by atomic mass is 9.96. The highest BCUT2D eigenvalue weighted by Gasteiger charge is 2.53. The molecule has 3 rings (SSSR count). The summed E-state index contributed by atoms with van der Waals surface area (Å²) in [5.74, 6) is -0.289. The summed E-state index contributed by atoms with van der Waals surface area (Å²) in [6.07, 6.45) is 58.5. The molecule has 0 radical (unpaired) electrons. The molecule has 0 spiro atoms. The van der Waals surface area contributed by atoms with Gasteiger partial charge in [-0.3, -0.25) is 4.79 Å². The predicted octanol–water partition coefficient (Wildman–Crippen LogP) is 12.1. The second-order valence-corrected chi connectivity index (χ2v) is 26.7. The van der Waals surface area contributed by atoms with Crippen molar-refractivity contribution in [1.29, 1.82) is 0 Å². The van der Waals surface area contributed by atoms with Crippen LogP contribution < -0.4 is 5.32 Å². The number of hydrogen-bond acceptors (Lipinski definition) is 18. The third kappa shape index (κ3) is 40.3. The molecule has 0 saturated carbocycles. The topological polar surface area (TPSA) is 307 Å². The summed E-state index contributed by atoms with van der Waals surface area (Å²) >= 11 is 0. The molecule has 1 amide bonds. The molecular formula is C81H135NO18. The van der Waals surface area contributed by atoms with Crippen molar-refractivity contribution in [3.05, 3.63) is 134 Å². The van der Waals surface area contributed by atoms with E-state index < -0.39 is 124 Å². The molecule has 0 aromatic heterocycles. The Morgan fingerprint density at radius 2 is 0.690 bits per heavy atom. The van der Waals surface area contributed by atoms with Crippen LogP contribution in [-0.4, -0.2) is 193 Å². The summed E-state index contributed by atoms with van der Waals surface area (Å²) in [6.45, 7) is 1.60. The second kappa shape index (κ2) is 60.2. The van der Waals surface area contributed by atoms with E-state index in [9.17, 15) is 61.0 Å². The first-order valence-corrected chi connectivity index (χ1v) is 38.4. The van der Waals surface area contributed by atoms with Gasteiger partial charge in [-0.2, -0.15) is 0 Å². The Morgan fingerprint density at radius 3 is 1.08 bits per heavy atom. The molecule has 19 heteroatoms. The molecule has 17 atom stereocenters. The number of amides is 1. The lowest BCUT2D eigenvalue weighted by Gasteiger charge is -2.48. The fourth-order valence-corrected chi connectivity index (χ4v) is 12.0. The van der Waals surface area contributed by atoms with E-state index >= 15 is 0 Å². The van der Waals surface area contributed by atoms with E-state index in [0.717, 1.165) is 135 Å². The first-order valence-electron chi connectivity index (χ1n) is 38.4. The summed E-state index contributed by atoms with van der Waals surface area (Å²) in [4.78, 5) is 13.4. The highest BCUT2D eigenvalue weighted by atomic mass is 16.8. The van der Waals surface area contributed by atoms with Gasteiger partial charge in [-0.1, -0.05) is 270 Å². The van der Waals surface area contributed by atoms with Crippen LogP contribution in [0.1, 0.15) is 239 Å². The van der Waals surface area contributed by atoms with Crippen molar-refractivity contribution in [2.24, 2.45) is 0 Å². The number of nitrogens with one attached hydrogen (secondary N) is 1. The fourth-order valence-electron chi connectivity index (χ4n) is 12.0. The Hall–Kier alpha value is -4.07. The molecule has 3 aliphatic rings. The molecule has 3 aliphatic heterocycles. The van der Waals surface area contributed by atoms with E-state index in [0.29, 0.717) is 6.42 Å². The van der Waals surface area contributed by atoms with Crippen LogP contribution in [0.25, 0.3) is 0 Å². The van der Waals surface area contributed by atoms with Crippen LogP contribution in [0.15, 0.2) is 134 Å². The van der Waals surface area contributed by atoms with Crippen molar-refractivity contribution >= 4 is 5.91 Å². The Morgan fingerprint density at radius 1 is 0.370 bits per heavy atom. The van der Waals surface area contributed by atoms with E-state index in [-0.39, 0.29) is 18.9 Å². The highest BCUT2D eigenvalue weighted by Crippen LogP contribution is 2.33. The number of ether oxygens (including phenoxy) is 6. The normalized spacial score (nSPS) is 27.2. The lowest BCUT2D eigenvalue weighted by molar-refractivity contribution is -0.379. The van der Waals surface area contributed by atoms with E-state index in [1.54, 1.807) is 6.08 Å². The van der Waals surface area contributed by atoms with Gasteiger partial charge in [-0.25, -0.2) is 0 Å². The Labute approximate surface area is 600 Å². The number of aliphatic hydroxyl groups excluding tert-OH is 11. The van der Waals surface area contributed by atoms with Crippen molar-refractivity contribution in [2.75, 3.05) is 26.4 Å². The van der Waals surface area contributed by atoms with Crippen molar-refractivity contribution in [2.45, 2.75) is 343 Å². The second-order valence-electron chi connectivity index (χ2n) is 26.7. The SMILES string of the molecule is CC/C=C\C/C=C\C/C=C\C/C=C\C/C=C\C/C=C\C/C=C\C/C=C\C/C=C\C/C=C\CCCCCCCCCCC(=O)NC(COC1OC(CO)C(OC2OC(CO)C(OC3OC(CO)C(O)C(O)C3O)C(O)C2O)C(O)C1O)C(O)/C=C/CCCCCCCCCCCCCCCC. The molecule has 0 aliphatic carbocycles. The monoisotopic (exact) mass is 1410 g/mol. The summed E-state index contributed by atoms with van der Waals surface area (Å²) in [6, 6.07) is -0.987. The van der Waals surface area contributed by atoms with Gasteiger partial charge < -0.3 is 89.9 Å². The minimum atomic E-state index is -1.98. The largest absolute Gasteiger partial charge is 0.394 e. The summed E-state index contributed by atoms with van der Waals surface area (Å²) in [5.41, 5.74) is 0. The van der Waals surface area contributed by atoms with Crippen LogP contribution in [0.2, 0.25) is 0 Å². The van der Waals surface area contributed by atoms with E-state index in [1.807, 2.05) is 6.08 Å². The van der Waals surface area contributed by atoms with Crippen LogP contribution in [0, 0.1) is 0 Å². The van der Waals surface area contributed by atoms with E-state index in [4.69, 9.17) is 28.4 Å². The van der Waals surface area contributed by atoms with Crippen LogP contribution in [0.3, 0.4) is 0 Å². The number of rotatable bonds is 58. The number of aliphatic hydroxyl groups is 11. The number of allylic oxidation sites excluding steroid dienone is 21. The maximum Gasteiger partial charge on any atom is 0.220 e. The van der Waals surface area contributed by atoms with Gasteiger partial charge in [0.2, 0.25) is 5.91 Å².